The van der Waals surface area contributed by atoms with Crippen molar-refractivity contribution in [2.75, 3.05) is 0 Å². The van der Waals surface area contributed by atoms with Crippen LogP contribution in [0.3, 0.4) is 0 Å². The van der Waals surface area contributed by atoms with Crippen LogP contribution in [0, 0.1) is 17.3 Å². The van der Waals surface area contributed by atoms with Gasteiger partial charge in [-0.15, -0.1) is 0 Å². The smallest absolute Gasteiger partial charge is 0.223 e. The minimum absolute atomic E-state index is 0.111. The zero-order chi connectivity index (χ0) is 22.3. The lowest BCUT2D eigenvalue weighted by Gasteiger charge is -2.37. The first-order valence-corrected chi connectivity index (χ1v) is 12.0. The van der Waals surface area contributed by atoms with Gasteiger partial charge in [-0.25, -0.2) is 9.97 Å². The van der Waals surface area contributed by atoms with Gasteiger partial charge in [0, 0.05) is 11.5 Å². The summed E-state index contributed by atoms with van der Waals surface area (Å²) in [5.74, 6) is 1.13. The minimum atomic E-state index is 0.111. The summed E-state index contributed by atoms with van der Waals surface area (Å²) in [7, 11) is 0. The standard InChI is InChI=1S/C26H33N5O/c1-26(2,3)19-10-7-16(8-11-19)25(32)30-22-6-4-5-17-13-18(9-12-20(17)22)23-21-14-29-31-24(21)28-15-27-23/h9,12-16,19,22H,4-8,10-11H2,1-3H3,(H,30,32)(H,27,28,29,31). The van der Waals surface area contributed by atoms with Crippen LogP contribution in [0.2, 0.25) is 0 Å². The topological polar surface area (TPSA) is 83.6 Å². The minimum Gasteiger partial charge on any atom is -0.349 e. The summed E-state index contributed by atoms with van der Waals surface area (Å²) in [5.41, 5.74) is 5.63. The number of nitrogens with zero attached hydrogens (tertiary/aromatic N) is 3. The molecule has 2 heterocycles. The maximum atomic E-state index is 13.1. The van der Waals surface area contributed by atoms with Crippen LogP contribution in [0.15, 0.2) is 30.7 Å². The molecule has 1 amide bonds. The van der Waals surface area contributed by atoms with E-state index >= 15 is 0 Å². The lowest BCUT2D eigenvalue weighted by Crippen LogP contribution is -2.38. The second kappa shape index (κ2) is 8.30. The Hall–Kier alpha value is -2.76. The number of aromatic nitrogens is 4. The molecule has 1 unspecified atom stereocenters. The Bertz CT molecular complexity index is 1120. The van der Waals surface area contributed by atoms with Gasteiger partial charge in [-0.05, 0) is 73.5 Å². The molecule has 32 heavy (non-hydrogen) atoms. The van der Waals surface area contributed by atoms with Crippen LogP contribution in [-0.2, 0) is 11.2 Å². The fourth-order valence-corrected chi connectivity index (χ4v) is 5.62. The molecular weight excluding hydrogens is 398 g/mol. The summed E-state index contributed by atoms with van der Waals surface area (Å²) in [6, 6.07) is 6.64. The molecule has 5 rings (SSSR count). The van der Waals surface area contributed by atoms with E-state index in [1.165, 1.54) is 11.1 Å². The fourth-order valence-electron chi connectivity index (χ4n) is 5.62. The second-order valence-corrected chi connectivity index (χ2v) is 10.6. The third-order valence-electron chi connectivity index (χ3n) is 7.62. The number of carbonyl (C=O) groups is 1. The van der Waals surface area contributed by atoms with Gasteiger partial charge in [0.2, 0.25) is 5.91 Å². The van der Waals surface area contributed by atoms with Crippen LogP contribution in [0.4, 0.5) is 0 Å². The van der Waals surface area contributed by atoms with E-state index in [4.69, 9.17) is 0 Å². The third kappa shape index (κ3) is 4.03. The van der Waals surface area contributed by atoms with Crippen molar-refractivity contribution in [3.63, 3.8) is 0 Å². The number of hydrogen-bond acceptors (Lipinski definition) is 4. The van der Waals surface area contributed by atoms with Crippen molar-refractivity contribution in [3.8, 4) is 11.3 Å². The third-order valence-corrected chi connectivity index (χ3v) is 7.62. The summed E-state index contributed by atoms with van der Waals surface area (Å²) < 4.78 is 0. The van der Waals surface area contributed by atoms with Crippen LogP contribution >= 0.6 is 0 Å². The van der Waals surface area contributed by atoms with Crippen molar-refractivity contribution >= 4 is 16.9 Å². The Labute approximate surface area is 189 Å². The molecule has 1 fully saturated rings. The molecule has 0 radical (unpaired) electrons. The number of carbonyl (C=O) groups excluding carboxylic acids is 1. The predicted molar refractivity (Wildman–Crippen MR) is 126 cm³/mol. The van der Waals surface area contributed by atoms with Crippen LogP contribution in [0.5, 0.6) is 0 Å². The highest BCUT2D eigenvalue weighted by Crippen LogP contribution is 2.40. The van der Waals surface area contributed by atoms with Crippen LogP contribution in [0.25, 0.3) is 22.3 Å². The van der Waals surface area contributed by atoms with E-state index < -0.39 is 0 Å². The molecule has 1 saturated carbocycles. The Kier molecular flexibility index (Phi) is 5.48. The molecule has 2 aliphatic carbocycles. The van der Waals surface area contributed by atoms with E-state index in [2.05, 4.69) is 64.5 Å². The number of aryl methyl sites for hydroxylation is 1. The van der Waals surface area contributed by atoms with Crippen LogP contribution in [-0.4, -0.2) is 26.1 Å². The predicted octanol–water partition coefficient (Wildman–Crippen LogP) is 5.37. The molecule has 3 aromatic rings. The highest BCUT2D eigenvalue weighted by Gasteiger charge is 2.33. The molecule has 6 heteroatoms. The molecule has 168 valence electrons. The maximum Gasteiger partial charge on any atom is 0.223 e. The molecule has 0 bridgehead atoms. The van der Waals surface area contributed by atoms with E-state index in [0.717, 1.165) is 73.2 Å². The SMILES string of the molecule is CC(C)(C)C1CCC(C(=O)NC2CCCc3cc(-c4ncnc5[nH]ncc45)ccc32)CC1. The molecule has 2 aromatic heterocycles. The first-order chi connectivity index (χ1) is 15.4. The molecule has 1 atom stereocenters. The molecule has 0 spiro atoms. The average Bonchev–Trinajstić information content (AvgIpc) is 3.27. The van der Waals surface area contributed by atoms with Crippen molar-refractivity contribution in [1.29, 1.82) is 0 Å². The summed E-state index contributed by atoms with van der Waals surface area (Å²) in [6.45, 7) is 6.97. The number of nitrogens with one attached hydrogen (secondary N) is 2. The van der Waals surface area contributed by atoms with E-state index in [0.29, 0.717) is 5.41 Å². The highest BCUT2D eigenvalue weighted by molar-refractivity contribution is 5.89. The molecule has 0 aliphatic heterocycles. The van der Waals surface area contributed by atoms with E-state index in [1.807, 2.05) is 0 Å². The summed E-state index contributed by atoms with van der Waals surface area (Å²) in [6.07, 6.45) is 10.8. The van der Waals surface area contributed by atoms with Crippen LogP contribution in [0.1, 0.15) is 76.5 Å². The second-order valence-electron chi connectivity index (χ2n) is 10.6. The van der Waals surface area contributed by atoms with Gasteiger partial charge >= 0.3 is 0 Å². The largest absolute Gasteiger partial charge is 0.349 e. The van der Waals surface area contributed by atoms with E-state index in [9.17, 15) is 4.79 Å². The quantitative estimate of drug-likeness (QED) is 0.584. The number of amides is 1. The van der Waals surface area contributed by atoms with Crippen molar-refractivity contribution in [3.05, 3.63) is 41.9 Å². The molecule has 2 aliphatic rings. The van der Waals surface area contributed by atoms with Crippen molar-refractivity contribution in [1.82, 2.24) is 25.5 Å². The van der Waals surface area contributed by atoms with Crippen molar-refractivity contribution < 1.29 is 4.79 Å². The van der Waals surface area contributed by atoms with Crippen molar-refractivity contribution in [2.24, 2.45) is 17.3 Å². The Balaban J connectivity index is 1.31. The van der Waals surface area contributed by atoms with Gasteiger partial charge in [0.1, 0.15) is 6.33 Å². The van der Waals surface area contributed by atoms with Crippen LogP contribution < -0.4 is 5.32 Å². The molecule has 1 aromatic carbocycles. The number of fused-ring (bicyclic) bond motifs is 2. The van der Waals surface area contributed by atoms with Gasteiger partial charge in [0.15, 0.2) is 5.65 Å². The van der Waals surface area contributed by atoms with E-state index in [-0.39, 0.29) is 17.9 Å². The summed E-state index contributed by atoms with van der Waals surface area (Å²) in [4.78, 5) is 21.9. The average molecular weight is 432 g/mol. The summed E-state index contributed by atoms with van der Waals surface area (Å²) >= 11 is 0. The number of aromatic amines is 1. The monoisotopic (exact) mass is 431 g/mol. The number of benzene rings is 1. The number of hydrogen-bond donors (Lipinski definition) is 2. The zero-order valence-corrected chi connectivity index (χ0v) is 19.3. The number of rotatable bonds is 3. The zero-order valence-electron chi connectivity index (χ0n) is 19.3. The van der Waals surface area contributed by atoms with Gasteiger partial charge in [-0.2, -0.15) is 5.10 Å². The Morgan fingerprint density at radius 3 is 2.69 bits per heavy atom. The first kappa shape index (κ1) is 21.1. The normalized spacial score (nSPS) is 23.7. The van der Waals surface area contributed by atoms with Gasteiger partial charge < -0.3 is 5.32 Å². The lowest BCUT2D eigenvalue weighted by molar-refractivity contribution is -0.127. The first-order valence-electron chi connectivity index (χ1n) is 12.0. The van der Waals surface area contributed by atoms with Gasteiger partial charge in [-0.1, -0.05) is 32.9 Å². The number of H-pyrrole nitrogens is 1. The fraction of sp³-hybridized carbons (Fsp3) is 0.538. The Morgan fingerprint density at radius 2 is 1.91 bits per heavy atom. The molecular formula is C26H33N5O. The highest BCUT2D eigenvalue weighted by atomic mass is 16.1. The van der Waals surface area contributed by atoms with Crippen molar-refractivity contribution in [2.45, 2.75) is 71.8 Å². The molecule has 6 nitrogen and oxygen atoms in total. The van der Waals surface area contributed by atoms with Gasteiger partial charge in [-0.3, -0.25) is 9.89 Å². The summed E-state index contributed by atoms with van der Waals surface area (Å²) in [5, 5.41) is 11.4. The Morgan fingerprint density at radius 1 is 1.09 bits per heavy atom. The van der Waals surface area contributed by atoms with Gasteiger partial charge in [0.25, 0.3) is 0 Å². The molecule has 2 N–H and O–H groups in total. The van der Waals surface area contributed by atoms with Gasteiger partial charge in [0.05, 0.1) is 23.3 Å². The van der Waals surface area contributed by atoms with E-state index in [1.54, 1.807) is 12.5 Å². The maximum absolute atomic E-state index is 13.1. The lowest BCUT2D eigenvalue weighted by atomic mass is 9.69. The molecule has 0 saturated heterocycles.